The van der Waals surface area contributed by atoms with Crippen molar-refractivity contribution in [3.8, 4) is 0 Å². The summed E-state index contributed by atoms with van der Waals surface area (Å²) < 4.78 is 74.3. The lowest BCUT2D eigenvalue weighted by Gasteiger charge is -2.20. The Morgan fingerprint density at radius 2 is 1.65 bits per heavy atom. The molecule has 0 unspecified atom stereocenters. The number of carboxylic acids is 1. The van der Waals surface area contributed by atoms with E-state index in [2.05, 4.69) is 0 Å². The van der Waals surface area contributed by atoms with Crippen molar-refractivity contribution in [1.29, 1.82) is 0 Å². The van der Waals surface area contributed by atoms with Crippen molar-refractivity contribution in [1.82, 2.24) is 0 Å². The number of rotatable bonds is 2. The molecule has 0 heterocycles. The Bertz CT molecular complexity index is 451. The van der Waals surface area contributed by atoms with Gasteiger partial charge in [-0.3, -0.25) is 0 Å². The lowest BCUT2D eigenvalue weighted by Crippen LogP contribution is -2.34. The van der Waals surface area contributed by atoms with Gasteiger partial charge in [-0.2, -0.15) is 22.0 Å². The van der Waals surface area contributed by atoms with Crippen LogP contribution in [-0.4, -0.2) is 17.3 Å². The number of hydrogen-bond acceptors (Lipinski definition) is 1. The number of benzene rings is 1. The van der Waals surface area contributed by atoms with E-state index in [4.69, 9.17) is 5.11 Å². The topological polar surface area (TPSA) is 37.3 Å². The molecular weight excluding hydrogens is 254 g/mol. The van der Waals surface area contributed by atoms with Crippen molar-refractivity contribution in [3.05, 3.63) is 35.1 Å². The van der Waals surface area contributed by atoms with Gasteiger partial charge in [-0.05, 0) is 18.2 Å². The molecule has 1 N–H and O–H groups in total. The molecule has 0 atom stereocenters. The number of halogens is 6. The first kappa shape index (κ1) is 13.3. The summed E-state index contributed by atoms with van der Waals surface area (Å²) in [4.78, 5) is 10.3. The Morgan fingerprint density at radius 3 is 2.00 bits per heavy atom. The molecule has 0 aliphatic rings. The molecule has 0 saturated carbocycles. The largest absolute Gasteiger partial charge is 0.478 e. The van der Waals surface area contributed by atoms with Crippen LogP contribution >= 0.6 is 0 Å². The minimum Gasteiger partial charge on any atom is -0.478 e. The van der Waals surface area contributed by atoms with E-state index in [1.807, 2.05) is 0 Å². The molecule has 0 aromatic heterocycles. The Balaban J connectivity index is 3.30. The maximum atomic E-state index is 13.0. The van der Waals surface area contributed by atoms with E-state index in [1.54, 1.807) is 0 Å². The zero-order chi connectivity index (χ0) is 13.4. The first-order valence-corrected chi connectivity index (χ1v) is 4.05. The Hall–Kier alpha value is -1.73. The summed E-state index contributed by atoms with van der Waals surface area (Å²) in [6, 6.07) is 0.685. The molecule has 0 aliphatic carbocycles. The number of alkyl halides is 5. The van der Waals surface area contributed by atoms with Gasteiger partial charge in [0.1, 0.15) is 5.82 Å². The zero-order valence-corrected chi connectivity index (χ0v) is 7.86. The summed E-state index contributed by atoms with van der Waals surface area (Å²) >= 11 is 0. The first-order chi connectivity index (χ1) is 7.57. The molecule has 17 heavy (non-hydrogen) atoms. The van der Waals surface area contributed by atoms with Crippen LogP contribution in [0.3, 0.4) is 0 Å². The van der Waals surface area contributed by atoms with Gasteiger partial charge in [-0.25, -0.2) is 9.18 Å². The van der Waals surface area contributed by atoms with Crippen LogP contribution in [0.5, 0.6) is 0 Å². The highest BCUT2D eigenvalue weighted by Gasteiger charge is 2.59. The molecule has 0 fully saturated rings. The predicted molar refractivity (Wildman–Crippen MR) is 43.3 cm³/mol. The number of carboxylic acid groups (broad SMARTS) is 1. The summed E-state index contributed by atoms with van der Waals surface area (Å²) in [7, 11) is 0. The van der Waals surface area contributed by atoms with E-state index in [0.717, 1.165) is 0 Å². The maximum Gasteiger partial charge on any atom is 0.458 e. The summed E-state index contributed by atoms with van der Waals surface area (Å²) in [6.07, 6.45) is -5.95. The van der Waals surface area contributed by atoms with Crippen LogP contribution in [0.25, 0.3) is 0 Å². The fourth-order valence-corrected chi connectivity index (χ4v) is 1.06. The minimum atomic E-state index is -5.95. The molecule has 0 bridgehead atoms. The highest BCUT2D eigenvalue weighted by molar-refractivity contribution is 5.87. The van der Waals surface area contributed by atoms with E-state index in [0.29, 0.717) is 6.07 Å². The van der Waals surface area contributed by atoms with Gasteiger partial charge in [0.25, 0.3) is 0 Å². The molecular formula is C9H4F6O2. The second kappa shape index (κ2) is 3.94. The molecule has 0 aliphatic heterocycles. The van der Waals surface area contributed by atoms with E-state index in [1.165, 1.54) is 0 Å². The van der Waals surface area contributed by atoms with Crippen LogP contribution in [-0.2, 0) is 5.92 Å². The van der Waals surface area contributed by atoms with Crippen LogP contribution in [0.15, 0.2) is 18.2 Å². The van der Waals surface area contributed by atoms with Crippen LogP contribution in [0, 0.1) is 5.82 Å². The highest BCUT2D eigenvalue weighted by atomic mass is 19.4. The van der Waals surface area contributed by atoms with Gasteiger partial charge < -0.3 is 5.11 Å². The van der Waals surface area contributed by atoms with Gasteiger partial charge in [0.2, 0.25) is 0 Å². The van der Waals surface area contributed by atoms with E-state index in [9.17, 15) is 31.1 Å². The Kier molecular flexibility index (Phi) is 3.09. The van der Waals surface area contributed by atoms with Gasteiger partial charge >= 0.3 is 18.1 Å². The van der Waals surface area contributed by atoms with Gasteiger partial charge in [0.15, 0.2) is 0 Å². The van der Waals surface area contributed by atoms with Crippen molar-refractivity contribution >= 4 is 5.97 Å². The Labute approximate surface area is 90.5 Å². The number of hydrogen-bond donors (Lipinski definition) is 1. The third kappa shape index (κ3) is 2.34. The summed E-state index contributed by atoms with van der Waals surface area (Å²) in [5.74, 6) is -8.92. The zero-order valence-electron chi connectivity index (χ0n) is 7.86. The lowest BCUT2D eigenvalue weighted by atomic mass is 10.0. The van der Waals surface area contributed by atoms with E-state index in [-0.39, 0.29) is 12.1 Å². The average molecular weight is 258 g/mol. The molecule has 0 amide bonds. The van der Waals surface area contributed by atoms with Crippen molar-refractivity contribution in [2.24, 2.45) is 0 Å². The average Bonchev–Trinajstić information content (AvgIpc) is 2.15. The van der Waals surface area contributed by atoms with Gasteiger partial charge in [-0.1, -0.05) is 0 Å². The second-order valence-corrected chi connectivity index (χ2v) is 3.07. The van der Waals surface area contributed by atoms with E-state index >= 15 is 0 Å². The number of aromatic carboxylic acids is 1. The third-order valence-electron chi connectivity index (χ3n) is 1.91. The summed E-state index contributed by atoms with van der Waals surface area (Å²) in [6.45, 7) is 0. The fraction of sp³-hybridized carbons (Fsp3) is 0.222. The van der Waals surface area contributed by atoms with Crippen molar-refractivity contribution in [2.75, 3.05) is 0 Å². The second-order valence-electron chi connectivity index (χ2n) is 3.07. The molecule has 0 radical (unpaired) electrons. The van der Waals surface area contributed by atoms with Crippen LogP contribution in [0.1, 0.15) is 15.9 Å². The maximum absolute atomic E-state index is 13.0. The fourth-order valence-electron chi connectivity index (χ4n) is 1.06. The summed E-state index contributed by atoms with van der Waals surface area (Å²) in [5.41, 5.74) is -2.63. The quantitative estimate of drug-likeness (QED) is 0.827. The molecule has 0 spiro atoms. The van der Waals surface area contributed by atoms with E-state index < -0.39 is 35.0 Å². The minimum absolute atomic E-state index is 0.103. The molecule has 0 saturated heterocycles. The molecule has 2 nitrogen and oxygen atoms in total. The van der Waals surface area contributed by atoms with Crippen LogP contribution in [0.4, 0.5) is 26.3 Å². The standard InChI is InChI=1S/C9H4F6O2/c10-6-3-4(7(16)17)1-2-5(6)8(11,12)9(13,14)15/h1-3H,(H,16,17). The summed E-state index contributed by atoms with van der Waals surface area (Å²) in [5, 5.41) is 8.39. The smallest absolute Gasteiger partial charge is 0.458 e. The van der Waals surface area contributed by atoms with Crippen molar-refractivity contribution in [2.45, 2.75) is 12.1 Å². The Morgan fingerprint density at radius 1 is 1.12 bits per heavy atom. The number of carbonyl (C=O) groups is 1. The molecule has 94 valence electrons. The monoisotopic (exact) mass is 258 g/mol. The van der Waals surface area contributed by atoms with Crippen LogP contribution < -0.4 is 0 Å². The van der Waals surface area contributed by atoms with Gasteiger partial charge in [-0.15, -0.1) is 0 Å². The third-order valence-corrected chi connectivity index (χ3v) is 1.91. The molecule has 1 aromatic carbocycles. The first-order valence-electron chi connectivity index (χ1n) is 4.05. The predicted octanol–water partition coefficient (Wildman–Crippen LogP) is 3.18. The van der Waals surface area contributed by atoms with Crippen molar-refractivity contribution in [3.63, 3.8) is 0 Å². The normalized spacial score (nSPS) is 12.6. The van der Waals surface area contributed by atoms with Gasteiger partial charge in [0.05, 0.1) is 11.1 Å². The molecule has 1 rings (SSSR count). The highest BCUT2D eigenvalue weighted by Crippen LogP contribution is 2.44. The SMILES string of the molecule is O=C(O)c1ccc(C(F)(F)C(F)(F)F)c(F)c1. The van der Waals surface area contributed by atoms with Crippen molar-refractivity contribution < 1.29 is 36.2 Å². The van der Waals surface area contributed by atoms with Crippen LogP contribution in [0.2, 0.25) is 0 Å². The molecule has 8 heteroatoms. The molecule has 1 aromatic rings. The van der Waals surface area contributed by atoms with Gasteiger partial charge in [0, 0.05) is 0 Å². The lowest BCUT2D eigenvalue weighted by molar-refractivity contribution is -0.290.